The number of fused-ring (bicyclic) bond motifs is 1. The first kappa shape index (κ1) is 19.6. The molecular formula is C18H17ClO4S3. The van der Waals surface area contributed by atoms with E-state index in [9.17, 15) is 18.0 Å². The second-order valence-electron chi connectivity index (χ2n) is 6.03. The van der Waals surface area contributed by atoms with Gasteiger partial charge in [-0.25, -0.2) is 8.42 Å². The third-order valence-electron chi connectivity index (χ3n) is 4.16. The molecular weight excluding hydrogens is 412 g/mol. The van der Waals surface area contributed by atoms with Crippen molar-refractivity contribution < 1.29 is 18.0 Å². The summed E-state index contributed by atoms with van der Waals surface area (Å²) in [7, 11) is -3.42. The van der Waals surface area contributed by atoms with E-state index in [1.54, 1.807) is 12.1 Å². The Hall–Kier alpha value is -1.15. The summed E-state index contributed by atoms with van der Waals surface area (Å²) in [6, 6.07) is 6.09. The molecule has 0 aliphatic heterocycles. The Labute approximate surface area is 165 Å². The van der Waals surface area contributed by atoms with E-state index in [1.165, 1.54) is 42.2 Å². The maximum Gasteiger partial charge on any atom is 0.179 e. The van der Waals surface area contributed by atoms with E-state index in [4.69, 9.17) is 11.6 Å². The Kier molecular flexibility index (Phi) is 5.91. The van der Waals surface area contributed by atoms with Gasteiger partial charge in [-0.15, -0.1) is 23.1 Å². The van der Waals surface area contributed by atoms with Crippen LogP contribution >= 0.6 is 34.7 Å². The molecule has 0 atom stereocenters. The van der Waals surface area contributed by atoms with E-state index < -0.39 is 9.84 Å². The summed E-state index contributed by atoms with van der Waals surface area (Å²) in [6.45, 7) is 1.50. The van der Waals surface area contributed by atoms with Gasteiger partial charge in [0.15, 0.2) is 21.4 Å². The van der Waals surface area contributed by atoms with Crippen LogP contribution in [0.3, 0.4) is 0 Å². The molecule has 2 aromatic rings. The van der Waals surface area contributed by atoms with Gasteiger partial charge in [-0.1, -0.05) is 11.6 Å². The van der Waals surface area contributed by atoms with Crippen molar-refractivity contribution in [1.29, 1.82) is 0 Å². The van der Waals surface area contributed by atoms with Crippen molar-refractivity contribution in [2.75, 3.05) is 11.5 Å². The average molecular weight is 429 g/mol. The second-order valence-corrected chi connectivity index (χ2v) is 11.0. The van der Waals surface area contributed by atoms with Crippen LogP contribution in [0.15, 0.2) is 33.4 Å². The lowest BCUT2D eigenvalue weighted by molar-refractivity contribution is 0.0970. The maximum absolute atomic E-state index is 12.4. The van der Waals surface area contributed by atoms with E-state index in [0.29, 0.717) is 27.6 Å². The lowest BCUT2D eigenvalue weighted by atomic mass is 9.92. The molecule has 0 fully saturated rings. The second kappa shape index (κ2) is 7.84. The molecule has 0 spiro atoms. The number of thiophene rings is 1. The molecule has 1 aliphatic rings. The van der Waals surface area contributed by atoms with E-state index in [0.717, 1.165) is 22.6 Å². The molecule has 0 saturated carbocycles. The van der Waals surface area contributed by atoms with Crippen LogP contribution in [0.2, 0.25) is 5.02 Å². The fraction of sp³-hybridized carbons (Fsp3) is 0.333. The summed E-state index contributed by atoms with van der Waals surface area (Å²) in [5.74, 6) is 0.289. The van der Waals surface area contributed by atoms with Crippen molar-refractivity contribution in [2.45, 2.75) is 35.3 Å². The number of halogens is 1. The fourth-order valence-electron chi connectivity index (χ4n) is 2.90. The Morgan fingerprint density at radius 2 is 1.92 bits per heavy atom. The molecule has 1 aromatic carbocycles. The van der Waals surface area contributed by atoms with Crippen LogP contribution in [0.4, 0.5) is 0 Å². The van der Waals surface area contributed by atoms with Crippen molar-refractivity contribution in [2.24, 2.45) is 0 Å². The minimum atomic E-state index is -3.42. The molecule has 0 unspecified atom stereocenters. The summed E-state index contributed by atoms with van der Waals surface area (Å²) in [5, 5.41) is 0.485. The Bertz CT molecular complexity index is 959. The summed E-state index contributed by atoms with van der Waals surface area (Å²) in [6.07, 6.45) is 1.98. The first-order chi connectivity index (χ1) is 12.3. The predicted octanol–water partition coefficient (Wildman–Crippen LogP) is 4.69. The SMILES string of the molecule is CC(=O)c1sc(SCCS(=O)(=O)c2ccc(Cl)cc2)c2c1CCCC2=O. The Morgan fingerprint density at radius 3 is 2.58 bits per heavy atom. The van der Waals surface area contributed by atoms with Gasteiger partial charge in [0, 0.05) is 22.8 Å². The third kappa shape index (κ3) is 4.06. The van der Waals surface area contributed by atoms with E-state index in [1.807, 2.05) is 0 Å². The average Bonchev–Trinajstić information content (AvgIpc) is 2.95. The highest BCUT2D eigenvalue weighted by Gasteiger charge is 2.28. The molecule has 0 amide bonds. The topological polar surface area (TPSA) is 68.3 Å². The Balaban J connectivity index is 1.77. The summed E-state index contributed by atoms with van der Waals surface area (Å²) in [4.78, 5) is 25.0. The zero-order chi connectivity index (χ0) is 18.9. The van der Waals surface area contributed by atoms with Gasteiger partial charge >= 0.3 is 0 Å². The fourth-order valence-corrected chi connectivity index (χ4v) is 7.32. The van der Waals surface area contributed by atoms with E-state index in [-0.39, 0.29) is 22.2 Å². The minimum Gasteiger partial charge on any atom is -0.294 e. The zero-order valence-corrected chi connectivity index (χ0v) is 17.3. The van der Waals surface area contributed by atoms with Gasteiger partial charge in [-0.2, -0.15) is 0 Å². The largest absolute Gasteiger partial charge is 0.294 e. The van der Waals surface area contributed by atoms with Gasteiger partial charge in [0.2, 0.25) is 0 Å². The van der Waals surface area contributed by atoms with Gasteiger partial charge in [0.25, 0.3) is 0 Å². The standard InChI is InChI=1S/C18H17ClO4S3/c1-11(20)17-14-3-2-4-15(21)16(14)18(25-17)24-9-10-26(22,23)13-7-5-12(19)6-8-13/h5-8H,2-4,9-10H2,1H3. The maximum atomic E-state index is 12.4. The van der Waals surface area contributed by atoms with Gasteiger partial charge in [0.05, 0.1) is 19.7 Å². The Morgan fingerprint density at radius 1 is 1.23 bits per heavy atom. The van der Waals surface area contributed by atoms with Crippen LogP contribution in [0.25, 0.3) is 0 Å². The molecule has 26 heavy (non-hydrogen) atoms. The molecule has 0 N–H and O–H groups in total. The molecule has 0 saturated heterocycles. The molecule has 0 radical (unpaired) electrons. The molecule has 8 heteroatoms. The number of benzene rings is 1. The van der Waals surface area contributed by atoms with Crippen LogP contribution in [-0.4, -0.2) is 31.5 Å². The van der Waals surface area contributed by atoms with Crippen LogP contribution in [0, 0.1) is 0 Å². The van der Waals surface area contributed by atoms with Crippen LogP contribution in [-0.2, 0) is 16.3 Å². The normalized spacial score (nSPS) is 14.3. The van der Waals surface area contributed by atoms with Gasteiger partial charge in [-0.3, -0.25) is 9.59 Å². The first-order valence-electron chi connectivity index (χ1n) is 8.10. The zero-order valence-electron chi connectivity index (χ0n) is 14.1. The number of thioether (sulfide) groups is 1. The number of carbonyl (C=O) groups is 2. The van der Waals surface area contributed by atoms with Crippen molar-refractivity contribution >= 4 is 56.1 Å². The van der Waals surface area contributed by atoms with Crippen molar-refractivity contribution in [1.82, 2.24) is 0 Å². The minimum absolute atomic E-state index is 0.0402. The first-order valence-corrected chi connectivity index (χ1v) is 11.9. The van der Waals surface area contributed by atoms with Gasteiger partial charge in [0.1, 0.15) is 0 Å². The number of rotatable bonds is 6. The van der Waals surface area contributed by atoms with Crippen molar-refractivity contribution in [3.63, 3.8) is 0 Å². The molecule has 1 aliphatic carbocycles. The highest BCUT2D eigenvalue weighted by molar-refractivity contribution is 8.02. The quantitative estimate of drug-likeness (QED) is 0.493. The summed E-state index contributed by atoms with van der Waals surface area (Å²) >= 11 is 8.46. The molecule has 3 rings (SSSR count). The molecule has 4 nitrogen and oxygen atoms in total. The lowest BCUT2D eigenvalue weighted by Crippen LogP contribution is -2.12. The van der Waals surface area contributed by atoms with Crippen molar-refractivity contribution in [3.8, 4) is 0 Å². The van der Waals surface area contributed by atoms with Crippen LogP contribution < -0.4 is 0 Å². The number of Topliss-reactive ketones (excluding diaryl/α,β-unsaturated/α-hetero) is 2. The number of hydrogen-bond acceptors (Lipinski definition) is 6. The van der Waals surface area contributed by atoms with Gasteiger partial charge < -0.3 is 0 Å². The number of carbonyl (C=O) groups excluding carboxylic acids is 2. The monoisotopic (exact) mass is 428 g/mol. The number of sulfone groups is 1. The third-order valence-corrected chi connectivity index (χ3v) is 9.01. The lowest BCUT2D eigenvalue weighted by Gasteiger charge is -2.12. The van der Waals surface area contributed by atoms with Gasteiger partial charge in [-0.05, 0) is 49.6 Å². The number of ketones is 2. The molecule has 0 bridgehead atoms. The van der Waals surface area contributed by atoms with Crippen molar-refractivity contribution in [3.05, 3.63) is 45.3 Å². The van der Waals surface area contributed by atoms with Crippen LogP contribution in [0.1, 0.15) is 45.4 Å². The van der Waals surface area contributed by atoms with E-state index in [2.05, 4.69) is 0 Å². The smallest absolute Gasteiger partial charge is 0.179 e. The van der Waals surface area contributed by atoms with E-state index >= 15 is 0 Å². The highest BCUT2D eigenvalue weighted by atomic mass is 35.5. The highest BCUT2D eigenvalue weighted by Crippen LogP contribution is 2.40. The molecule has 1 heterocycles. The molecule has 1 aromatic heterocycles. The summed E-state index contributed by atoms with van der Waals surface area (Å²) in [5.41, 5.74) is 1.49. The number of hydrogen-bond donors (Lipinski definition) is 0. The summed E-state index contributed by atoms with van der Waals surface area (Å²) < 4.78 is 25.6. The van der Waals surface area contributed by atoms with Crippen LogP contribution in [0.5, 0.6) is 0 Å². The molecule has 138 valence electrons. The predicted molar refractivity (Wildman–Crippen MR) is 106 cm³/mol.